The number of carbonyl (C=O) groups is 1. The summed E-state index contributed by atoms with van der Waals surface area (Å²) in [4.78, 5) is 12.2. The molecule has 0 spiro atoms. The van der Waals surface area contributed by atoms with Gasteiger partial charge in [0.15, 0.2) is 0 Å². The van der Waals surface area contributed by atoms with Crippen LogP contribution in [0, 0.1) is 11.2 Å². The predicted molar refractivity (Wildman–Crippen MR) is 64.2 cm³/mol. The summed E-state index contributed by atoms with van der Waals surface area (Å²) in [7, 11) is 1.38. The first-order valence-electron chi connectivity index (χ1n) is 6.15. The minimum Gasteiger partial charge on any atom is -0.468 e. The summed E-state index contributed by atoms with van der Waals surface area (Å²) in [5.74, 6) is -0.581. The number of esters is 1. The second kappa shape index (κ2) is 4.28. The third-order valence-corrected chi connectivity index (χ3v) is 4.28. The third kappa shape index (κ3) is 1.55. The van der Waals surface area contributed by atoms with Crippen LogP contribution in [-0.4, -0.2) is 39.5 Å². The molecule has 0 radical (unpaired) electrons. The van der Waals surface area contributed by atoms with Gasteiger partial charge in [-0.25, -0.2) is 4.39 Å². The molecule has 2 saturated heterocycles. The van der Waals surface area contributed by atoms with E-state index in [-0.39, 0.29) is 11.8 Å². The lowest BCUT2D eigenvalue weighted by molar-refractivity contribution is -0.238. The number of methoxy groups -OCH3 is 1. The fourth-order valence-electron chi connectivity index (χ4n) is 2.89. The molecule has 2 aliphatic rings. The number of halogens is 1. The molecule has 0 unspecified atom stereocenters. The van der Waals surface area contributed by atoms with E-state index in [9.17, 15) is 9.18 Å². The van der Waals surface area contributed by atoms with Crippen LogP contribution in [0.25, 0.3) is 0 Å². The standard InChI is InChI=1S/C14H15FO4/c1-17-12(16)14(8-19-9-14)13(6-18-7-13)10-2-4-11(15)5-3-10/h2-5H,6-9H2,1H3. The first-order chi connectivity index (χ1) is 9.14. The van der Waals surface area contributed by atoms with Crippen LogP contribution in [0.1, 0.15) is 5.56 Å². The van der Waals surface area contributed by atoms with Crippen molar-refractivity contribution in [3.8, 4) is 0 Å². The first kappa shape index (κ1) is 12.6. The largest absolute Gasteiger partial charge is 0.468 e. The van der Waals surface area contributed by atoms with Gasteiger partial charge in [-0.2, -0.15) is 0 Å². The van der Waals surface area contributed by atoms with Gasteiger partial charge in [0.25, 0.3) is 0 Å². The molecule has 102 valence electrons. The van der Waals surface area contributed by atoms with Crippen molar-refractivity contribution in [3.63, 3.8) is 0 Å². The van der Waals surface area contributed by atoms with Gasteiger partial charge in [-0.1, -0.05) is 12.1 Å². The Bertz CT molecular complexity index is 489. The molecule has 3 rings (SSSR count). The number of benzene rings is 1. The smallest absolute Gasteiger partial charge is 0.317 e. The minimum absolute atomic E-state index is 0.286. The molecule has 0 atom stereocenters. The fraction of sp³-hybridized carbons (Fsp3) is 0.500. The van der Waals surface area contributed by atoms with Crippen molar-refractivity contribution in [2.75, 3.05) is 33.5 Å². The molecule has 0 saturated carbocycles. The van der Waals surface area contributed by atoms with Crippen molar-refractivity contribution in [2.45, 2.75) is 5.41 Å². The normalized spacial score (nSPS) is 23.1. The number of ether oxygens (including phenoxy) is 3. The lowest BCUT2D eigenvalue weighted by atomic mass is 9.57. The highest BCUT2D eigenvalue weighted by Crippen LogP contribution is 2.52. The molecular weight excluding hydrogens is 251 g/mol. The summed E-state index contributed by atoms with van der Waals surface area (Å²) in [6.07, 6.45) is 0. The molecular formula is C14H15FO4. The van der Waals surface area contributed by atoms with Gasteiger partial charge < -0.3 is 14.2 Å². The van der Waals surface area contributed by atoms with E-state index >= 15 is 0 Å². The van der Waals surface area contributed by atoms with E-state index in [0.29, 0.717) is 26.4 Å². The molecule has 4 nitrogen and oxygen atoms in total. The van der Waals surface area contributed by atoms with E-state index in [2.05, 4.69) is 0 Å². The van der Waals surface area contributed by atoms with Crippen LogP contribution >= 0.6 is 0 Å². The molecule has 0 N–H and O–H groups in total. The Labute approximate surface area is 110 Å². The molecule has 0 aliphatic carbocycles. The lowest BCUT2D eigenvalue weighted by Crippen LogP contribution is -2.70. The molecule has 0 aromatic heterocycles. The van der Waals surface area contributed by atoms with Crippen molar-refractivity contribution >= 4 is 5.97 Å². The maximum atomic E-state index is 13.1. The van der Waals surface area contributed by atoms with Crippen molar-refractivity contribution in [2.24, 2.45) is 5.41 Å². The highest BCUT2D eigenvalue weighted by atomic mass is 19.1. The topological polar surface area (TPSA) is 44.8 Å². The quantitative estimate of drug-likeness (QED) is 0.773. The van der Waals surface area contributed by atoms with Crippen LogP contribution < -0.4 is 0 Å². The fourth-order valence-corrected chi connectivity index (χ4v) is 2.89. The number of hydrogen-bond acceptors (Lipinski definition) is 4. The summed E-state index contributed by atoms with van der Waals surface area (Å²) in [6.45, 7) is 1.50. The van der Waals surface area contributed by atoms with Gasteiger partial charge in [-0.05, 0) is 17.7 Å². The van der Waals surface area contributed by atoms with Crippen LogP contribution in [0.2, 0.25) is 0 Å². The third-order valence-electron chi connectivity index (χ3n) is 4.28. The van der Waals surface area contributed by atoms with E-state index in [0.717, 1.165) is 5.56 Å². The second-order valence-electron chi connectivity index (χ2n) is 5.15. The van der Waals surface area contributed by atoms with Crippen molar-refractivity contribution in [1.29, 1.82) is 0 Å². The average Bonchev–Trinajstić information content (AvgIpc) is 2.32. The van der Waals surface area contributed by atoms with Gasteiger partial charge in [0.05, 0.1) is 39.0 Å². The molecule has 1 aromatic carbocycles. The summed E-state index contributed by atoms with van der Waals surface area (Å²) < 4.78 is 28.6. The van der Waals surface area contributed by atoms with Crippen LogP contribution in [-0.2, 0) is 24.4 Å². The summed E-state index contributed by atoms with van der Waals surface area (Å²) in [5.41, 5.74) is -0.280. The lowest BCUT2D eigenvalue weighted by Gasteiger charge is -2.57. The van der Waals surface area contributed by atoms with Gasteiger partial charge in [0.2, 0.25) is 0 Å². The Hall–Kier alpha value is -1.46. The maximum Gasteiger partial charge on any atom is 0.317 e. The second-order valence-corrected chi connectivity index (χ2v) is 5.15. The van der Waals surface area contributed by atoms with E-state index < -0.39 is 10.8 Å². The molecule has 5 heteroatoms. The molecule has 2 fully saturated rings. The van der Waals surface area contributed by atoms with Gasteiger partial charge in [0.1, 0.15) is 11.2 Å². The van der Waals surface area contributed by atoms with E-state index in [1.165, 1.54) is 19.2 Å². The highest BCUT2D eigenvalue weighted by Gasteiger charge is 2.66. The summed E-state index contributed by atoms with van der Waals surface area (Å²) >= 11 is 0. The van der Waals surface area contributed by atoms with Gasteiger partial charge in [0, 0.05) is 0 Å². The van der Waals surface area contributed by atoms with E-state index in [1.807, 2.05) is 0 Å². The van der Waals surface area contributed by atoms with Gasteiger partial charge >= 0.3 is 5.97 Å². The zero-order valence-electron chi connectivity index (χ0n) is 10.6. The van der Waals surface area contributed by atoms with Crippen LogP contribution in [0.4, 0.5) is 4.39 Å². The van der Waals surface area contributed by atoms with Gasteiger partial charge in [-0.3, -0.25) is 4.79 Å². The summed E-state index contributed by atoms with van der Waals surface area (Å²) in [5, 5.41) is 0. The maximum absolute atomic E-state index is 13.1. The Morgan fingerprint density at radius 3 is 2.11 bits per heavy atom. The van der Waals surface area contributed by atoms with Gasteiger partial charge in [-0.15, -0.1) is 0 Å². The van der Waals surface area contributed by atoms with Crippen molar-refractivity contribution < 1.29 is 23.4 Å². The molecule has 0 bridgehead atoms. The molecule has 19 heavy (non-hydrogen) atoms. The van der Waals surface area contributed by atoms with Crippen molar-refractivity contribution in [1.82, 2.24) is 0 Å². The van der Waals surface area contributed by atoms with Crippen LogP contribution in [0.15, 0.2) is 24.3 Å². The number of hydrogen-bond donors (Lipinski definition) is 0. The zero-order chi connectivity index (χ0) is 13.5. The van der Waals surface area contributed by atoms with Crippen LogP contribution in [0.5, 0.6) is 0 Å². The molecule has 1 aromatic rings. The Kier molecular flexibility index (Phi) is 2.83. The molecule has 0 amide bonds. The first-order valence-corrected chi connectivity index (χ1v) is 6.15. The molecule has 2 aliphatic heterocycles. The Morgan fingerprint density at radius 1 is 1.16 bits per heavy atom. The minimum atomic E-state index is -0.710. The molecule has 2 heterocycles. The summed E-state index contributed by atoms with van der Waals surface area (Å²) in [6, 6.07) is 6.22. The number of carbonyl (C=O) groups excluding carboxylic acids is 1. The highest BCUT2D eigenvalue weighted by molar-refractivity contribution is 5.81. The zero-order valence-corrected chi connectivity index (χ0v) is 10.6. The van der Waals surface area contributed by atoms with Crippen LogP contribution in [0.3, 0.4) is 0 Å². The SMILES string of the molecule is COC(=O)C1(C2(c3ccc(F)cc3)COC2)COC1. The average molecular weight is 266 g/mol. The van der Waals surface area contributed by atoms with E-state index in [4.69, 9.17) is 14.2 Å². The predicted octanol–water partition coefficient (Wildman–Crippen LogP) is 1.28. The Balaban J connectivity index is 2.03. The van der Waals surface area contributed by atoms with E-state index in [1.54, 1.807) is 12.1 Å². The Morgan fingerprint density at radius 2 is 1.74 bits per heavy atom. The number of rotatable bonds is 3. The monoisotopic (exact) mass is 266 g/mol. The van der Waals surface area contributed by atoms with Crippen molar-refractivity contribution in [3.05, 3.63) is 35.6 Å².